The summed E-state index contributed by atoms with van der Waals surface area (Å²) >= 11 is 0. The number of imidazole rings is 1. The van der Waals surface area contributed by atoms with Crippen LogP contribution in [0.5, 0.6) is 5.75 Å². The molecule has 3 aromatic carbocycles. The summed E-state index contributed by atoms with van der Waals surface area (Å²) in [5, 5.41) is 17.9. The van der Waals surface area contributed by atoms with Gasteiger partial charge in [-0.25, -0.2) is 4.98 Å². The third kappa shape index (κ3) is 4.46. The summed E-state index contributed by atoms with van der Waals surface area (Å²) in [5.74, 6) is 2.60. The summed E-state index contributed by atoms with van der Waals surface area (Å²) in [5.41, 5.74) is 9.80. The van der Waals surface area contributed by atoms with Crippen molar-refractivity contribution in [2.24, 2.45) is 5.73 Å². The summed E-state index contributed by atoms with van der Waals surface area (Å²) in [6.45, 7) is 6.41. The van der Waals surface area contributed by atoms with Gasteiger partial charge in [-0.05, 0) is 35.4 Å². The molecule has 0 saturated carbocycles. The fraction of sp³-hybridized carbons (Fsp3) is 0.321. The number of hydrogen-bond acceptors (Lipinski definition) is 4. The highest BCUT2D eigenvalue weighted by molar-refractivity contribution is 6.08. The third-order valence-corrected chi connectivity index (χ3v) is 6.97. The van der Waals surface area contributed by atoms with E-state index in [1.807, 2.05) is 37.3 Å². The quantitative estimate of drug-likeness (QED) is 0.276. The van der Waals surface area contributed by atoms with E-state index in [1.54, 1.807) is 0 Å². The van der Waals surface area contributed by atoms with Crippen molar-refractivity contribution < 1.29 is 4.74 Å². The molecule has 0 unspecified atom stereocenters. The number of amidine groups is 2. The lowest BCUT2D eigenvalue weighted by Gasteiger charge is -2.32. The topological polar surface area (TPSA) is 104 Å². The van der Waals surface area contributed by atoms with Gasteiger partial charge in [0.25, 0.3) is 0 Å². The molecule has 0 radical (unpaired) electrons. The maximum Gasteiger partial charge on any atom is 0.123 e. The number of nitrogens with zero attached hydrogens (tertiary/aromatic N) is 3. The standard InChI is InChI=1S/C28H32N6O/c1-3-27-32-25-16-21(35-20-12-14-33(15-13-20)18(2)29)9-11-26(25)34(27)17-19-8-10-24(28(30)31)23-7-5-4-6-22(19)23/h4-11,16,20,29H,3,12-15,17H2,1-2H3,(H3,30,31). The maximum absolute atomic E-state index is 7.94. The molecular weight excluding hydrogens is 436 g/mol. The van der Waals surface area contributed by atoms with Crippen LogP contribution in [0.4, 0.5) is 0 Å². The first-order chi connectivity index (χ1) is 16.9. The number of nitrogens with two attached hydrogens (primary N) is 1. The fourth-order valence-corrected chi connectivity index (χ4v) is 5.09. The van der Waals surface area contributed by atoms with E-state index < -0.39 is 0 Å². The fourth-order valence-electron chi connectivity index (χ4n) is 5.09. The SMILES string of the molecule is CCc1nc2cc(OC3CCN(C(C)=N)CC3)ccc2n1Cc1ccc(C(=N)N)c2ccccc12. The molecule has 7 heteroatoms. The molecule has 0 spiro atoms. The van der Waals surface area contributed by atoms with Crippen molar-refractivity contribution >= 4 is 33.5 Å². The van der Waals surface area contributed by atoms with E-state index in [1.165, 1.54) is 5.56 Å². The van der Waals surface area contributed by atoms with E-state index >= 15 is 0 Å². The predicted molar refractivity (Wildman–Crippen MR) is 142 cm³/mol. The highest BCUT2D eigenvalue weighted by Crippen LogP contribution is 2.28. The predicted octanol–water partition coefficient (Wildman–Crippen LogP) is 4.92. The number of benzene rings is 3. The Labute approximate surface area is 205 Å². The molecule has 1 aliphatic rings. The summed E-state index contributed by atoms with van der Waals surface area (Å²) in [7, 11) is 0. The lowest BCUT2D eigenvalue weighted by Crippen LogP contribution is -2.40. The van der Waals surface area contributed by atoms with Gasteiger partial charge in [0.15, 0.2) is 0 Å². The molecule has 4 N–H and O–H groups in total. The van der Waals surface area contributed by atoms with Gasteiger partial charge in [0, 0.05) is 50.5 Å². The van der Waals surface area contributed by atoms with E-state index in [0.717, 1.165) is 71.3 Å². The first-order valence-corrected chi connectivity index (χ1v) is 12.3. The Kier molecular flexibility index (Phi) is 6.16. The van der Waals surface area contributed by atoms with E-state index in [4.69, 9.17) is 26.3 Å². The van der Waals surface area contributed by atoms with Gasteiger partial charge in [0.05, 0.1) is 16.9 Å². The minimum Gasteiger partial charge on any atom is -0.490 e. The van der Waals surface area contributed by atoms with Crippen molar-refractivity contribution in [1.29, 1.82) is 10.8 Å². The number of likely N-dealkylation sites (tertiary alicyclic amines) is 1. The summed E-state index contributed by atoms with van der Waals surface area (Å²) in [4.78, 5) is 7.04. The van der Waals surface area contributed by atoms with Gasteiger partial charge in [-0.15, -0.1) is 0 Å². The number of nitrogen functional groups attached to an aromatic ring is 1. The molecule has 1 aromatic heterocycles. The van der Waals surface area contributed by atoms with E-state index in [9.17, 15) is 0 Å². The Hall–Kier alpha value is -3.87. The second kappa shape index (κ2) is 9.41. The number of hydrogen-bond donors (Lipinski definition) is 3. The number of fused-ring (bicyclic) bond motifs is 2. The Morgan fingerprint density at radius 2 is 1.80 bits per heavy atom. The molecule has 1 saturated heterocycles. The van der Waals surface area contributed by atoms with Gasteiger partial charge in [-0.1, -0.05) is 43.3 Å². The van der Waals surface area contributed by atoms with Crippen LogP contribution in [0.15, 0.2) is 54.6 Å². The van der Waals surface area contributed by atoms with Gasteiger partial charge < -0.3 is 19.9 Å². The molecule has 1 fully saturated rings. The van der Waals surface area contributed by atoms with Crippen LogP contribution >= 0.6 is 0 Å². The van der Waals surface area contributed by atoms with E-state index in [2.05, 4.69) is 40.7 Å². The highest BCUT2D eigenvalue weighted by Gasteiger charge is 2.21. The molecule has 0 atom stereocenters. The second-order valence-corrected chi connectivity index (χ2v) is 9.24. The van der Waals surface area contributed by atoms with E-state index in [0.29, 0.717) is 12.4 Å². The average molecular weight is 469 g/mol. The lowest BCUT2D eigenvalue weighted by molar-refractivity contribution is 0.130. The Morgan fingerprint density at radius 3 is 2.49 bits per heavy atom. The molecule has 7 nitrogen and oxygen atoms in total. The van der Waals surface area contributed by atoms with Crippen LogP contribution in [0.2, 0.25) is 0 Å². The minimum atomic E-state index is 0.0845. The van der Waals surface area contributed by atoms with Crippen molar-refractivity contribution in [2.75, 3.05) is 13.1 Å². The van der Waals surface area contributed by atoms with Crippen LogP contribution in [-0.4, -0.2) is 45.3 Å². The van der Waals surface area contributed by atoms with Crippen molar-refractivity contribution in [3.05, 3.63) is 71.5 Å². The molecule has 180 valence electrons. The van der Waals surface area contributed by atoms with Crippen molar-refractivity contribution in [1.82, 2.24) is 14.5 Å². The average Bonchev–Trinajstić information content (AvgIpc) is 3.21. The zero-order valence-electron chi connectivity index (χ0n) is 20.3. The molecule has 35 heavy (non-hydrogen) atoms. The van der Waals surface area contributed by atoms with Gasteiger partial charge in [0.2, 0.25) is 0 Å². The zero-order valence-corrected chi connectivity index (χ0v) is 20.3. The number of rotatable bonds is 6. The summed E-state index contributed by atoms with van der Waals surface area (Å²) < 4.78 is 8.58. The molecule has 4 aromatic rings. The minimum absolute atomic E-state index is 0.0845. The largest absolute Gasteiger partial charge is 0.490 e. The van der Waals surface area contributed by atoms with Gasteiger partial charge >= 0.3 is 0 Å². The van der Waals surface area contributed by atoms with Crippen LogP contribution in [0.25, 0.3) is 21.8 Å². The monoisotopic (exact) mass is 468 g/mol. The van der Waals surface area contributed by atoms with Crippen LogP contribution in [-0.2, 0) is 13.0 Å². The number of ether oxygens (including phenoxy) is 1. The summed E-state index contributed by atoms with van der Waals surface area (Å²) in [6.07, 6.45) is 2.84. The Morgan fingerprint density at radius 1 is 1.06 bits per heavy atom. The Balaban J connectivity index is 1.43. The number of aryl methyl sites for hydroxylation is 1. The Bertz CT molecular complexity index is 1410. The van der Waals surface area contributed by atoms with Crippen molar-refractivity contribution in [2.45, 2.75) is 45.8 Å². The van der Waals surface area contributed by atoms with Crippen molar-refractivity contribution in [3.63, 3.8) is 0 Å². The normalized spacial score (nSPS) is 14.5. The maximum atomic E-state index is 7.94. The zero-order chi connectivity index (χ0) is 24.5. The molecule has 1 aliphatic heterocycles. The lowest BCUT2D eigenvalue weighted by atomic mass is 9.99. The smallest absolute Gasteiger partial charge is 0.123 e. The van der Waals surface area contributed by atoms with Crippen LogP contribution in [0.1, 0.15) is 43.6 Å². The first kappa shape index (κ1) is 22.9. The molecule has 0 bridgehead atoms. The molecular formula is C28H32N6O. The molecule has 2 heterocycles. The number of nitrogens with one attached hydrogen (secondary N) is 2. The van der Waals surface area contributed by atoms with Gasteiger partial charge in [-0.3, -0.25) is 10.8 Å². The third-order valence-electron chi connectivity index (χ3n) is 6.97. The van der Waals surface area contributed by atoms with Gasteiger partial charge in [0.1, 0.15) is 23.5 Å². The first-order valence-electron chi connectivity index (χ1n) is 12.3. The number of piperidine rings is 1. The van der Waals surface area contributed by atoms with E-state index in [-0.39, 0.29) is 11.9 Å². The molecule has 0 aliphatic carbocycles. The van der Waals surface area contributed by atoms with Crippen LogP contribution in [0, 0.1) is 10.8 Å². The van der Waals surface area contributed by atoms with Gasteiger partial charge in [-0.2, -0.15) is 0 Å². The van der Waals surface area contributed by atoms with Crippen LogP contribution in [0.3, 0.4) is 0 Å². The molecule has 5 rings (SSSR count). The number of aromatic nitrogens is 2. The molecule has 0 amide bonds. The highest BCUT2D eigenvalue weighted by atomic mass is 16.5. The van der Waals surface area contributed by atoms with Crippen LogP contribution < -0.4 is 10.5 Å². The summed E-state index contributed by atoms with van der Waals surface area (Å²) in [6, 6.07) is 18.4. The van der Waals surface area contributed by atoms with Crippen molar-refractivity contribution in [3.8, 4) is 5.75 Å². The second-order valence-electron chi connectivity index (χ2n) is 9.24.